The molecule has 3 rings (SSSR count). The van der Waals surface area contributed by atoms with Gasteiger partial charge in [-0.05, 0) is 54.7 Å². The van der Waals surface area contributed by atoms with Crippen molar-refractivity contribution in [1.29, 1.82) is 0 Å². The first-order valence-electron chi connectivity index (χ1n) is 9.27. The molecule has 0 saturated carbocycles. The second-order valence-corrected chi connectivity index (χ2v) is 7.09. The van der Waals surface area contributed by atoms with Crippen LogP contribution in [0.1, 0.15) is 38.2 Å². The van der Waals surface area contributed by atoms with Crippen LogP contribution in [0.4, 0.5) is 0 Å². The Hall–Kier alpha value is -2.17. The van der Waals surface area contributed by atoms with Crippen molar-refractivity contribution in [2.45, 2.75) is 33.9 Å². The maximum atomic E-state index is 12.7. The van der Waals surface area contributed by atoms with E-state index in [1.54, 1.807) is 0 Å². The van der Waals surface area contributed by atoms with Crippen LogP contribution < -0.4 is 5.32 Å². The minimum absolute atomic E-state index is 0.00762. The lowest BCUT2D eigenvalue weighted by Gasteiger charge is -2.27. The highest BCUT2D eigenvalue weighted by Crippen LogP contribution is 2.16. The molecule has 0 aliphatic carbocycles. The molecule has 0 radical (unpaired) electrons. The molecule has 26 heavy (non-hydrogen) atoms. The number of hydrogen-bond acceptors (Lipinski definition) is 3. The number of carbonyl (C=O) groups excluding carboxylic acids is 1. The van der Waals surface area contributed by atoms with Gasteiger partial charge in [0, 0.05) is 31.7 Å². The number of ether oxygens (including phenoxy) is 1. The normalized spacial score (nSPS) is 15.0. The number of rotatable bonds is 5. The van der Waals surface area contributed by atoms with Gasteiger partial charge in [-0.3, -0.25) is 9.69 Å². The molecule has 2 aromatic carbocycles. The standard InChI is InChI=1S/C22H28N2O2/c1-16-12-18(3)21(13-17(16)2)22(25)23-14-19-6-4-5-7-20(19)15-24-8-10-26-11-9-24/h4-7,12-13H,8-11,14-15H2,1-3H3,(H,23,25). The van der Waals surface area contributed by atoms with Crippen LogP contribution in [-0.4, -0.2) is 37.1 Å². The first kappa shape index (κ1) is 18.6. The van der Waals surface area contributed by atoms with Crippen LogP contribution >= 0.6 is 0 Å². The number of benzene rings is 2. The van der Waals surface area contributed by atoms with Crippen molar-refractivity contribution in [3.8, 4) is 0 Å². The van der Waals surface area contributed by atoms with Gasteiger partial charge in [0.15, 0.2) is 0 Å². The van der Waals surface area contributed by atoms with Gasteiger partial charge in [0.2, 0.25) is 0 Å². The molecule has 0 unspecified atom stereocenters. The topological polar surface area (TPSA) is 41.6 Å². The molecule has 0 atom stereocenters. The fourth-order valence-corrected chi connectivity index (χ4v) is 3.36. The minimum Gasteiger partial charge on any atom is -0.379 e. The second-order valence-electron chi connectivity index (χ2n) is 7.09. The average Bonchev–Trinajstić information content (AvgIpc) is 2.64. The third-order valence-corrected chi connectivity index (χ3v) is 5.14. The van der Waals surface area contributed by atoms with Crippen LogP contribution in [0.25, 0.3) is 0 Å². The van der Waals surface area contributed by atoms with E-state index in [-0.39, 0.29) is 5.91 Å². The van der Waals surface area contributed by atoms with Crippen LogP contribution in [0.15, 0.2) is 36.4 Å². The lowest BCUT2D eigenvalue weighted by Crippen LogP contribution is -2.36. The Morgan fingerprint density at radius 1 is 1.00 bits per heavy atom. The number of amides is 1. The first-order chi connectivity index (χ1) is 12.5. The summed E-state index contributed by atoms with van der Waals surface area (Å²) in [5, 5.41) is 3.10. The van der Waals surface area contributed by atoms with Crippen LogP contribution in [0, 0.1) is 20.8 Å². The highest BCUT2D eigenvalue weighted by atomic mass is 16.5. The van der Waals surface area contributed by atoms with Gasteiger partial charge >= 0.3 is 0 Å². The Kier molecular flexibility index (Phi) is 6.07. The molecule has 1 saturated heterocycles. The Balaban J connectivity index is 1.68. The summed E-state index contributed by atoms with van der Waals surface area (Å²) in [4.78, 5) is 15.1. The van der Waals surface area contributed by atoms with Crippen LogP contribution in [0.2, 0.25) is 0 Å². The molecule has 0 bridgehead atoms. The quantitative estimate of drug-likeness (QED) is 0.897. The third kappa shape index (κ3) is 4.51. The summed E-state index contributed by atoms with van der Waals surface area (Å²) in [6, 6.07) is 12.4. The maximum Gasteiger partial charge on any atom is 0.251 e. The molecule has 1 fully saturated rings. The van der Waals surface area contributed by atoms with E-state index in [0.717, 1.165) is 49.5 Å². The van der Waals surface area contributed by atoms with Crippen LogP contribution in [-0.2, 0) is 17.8 Å². The van der Waals surface area contributed by atoms with Gasteiger partial charge in [-0.2, -0.15) is 0 Å². The lowest BCUT2D eigenvalue weighted by molar-refractivity contribution is 0.0340. The van der Waals surface area contributed by atoms with Crippen molar-refractivity contribution >= 4 is 5.91 Å². The van der Waals surface area contributed by atoms with E-state index >= 15 is 0 Å². The van der Waals surface area contributed by atoms with Crippen molar-refractivity contribution in [2.75, 3.05) is 26.3 Å². The van der Waals surface area contributed by atoms with E-state index in [0.29, 0.717) is 6.54 Å². The average molecular weight is 352 g/mol. The molecule has 1 N–H and O–H groups in total. The van der Waals surface area contributed by atoms with Gasteiger partial charge in [0.25, 0.3) is 5.91 Å². The van der Waals surface area contributed by atoms with E-state index < -0.39 is 0 Å². The van der Waals surface area contributed by atoms with E-state index in [9.17, 15) is 4.79 Å². The Morgan fingerprint density at radius 3 is 2.38 bits per heavy atom. The number of carbonyl (C=O) groups is 1. The predicted molar refractivity (Wildman–Crippen MR) is 104 cm³/mol. The number of nitrogens with one attached hydrogen (secondary N) is 1. The summed E-state index contributed by atoms with van der Waals surface area (Å²) in [6.07, 6.45) is 0. The molecule has 2 aromatic rings. The number of aryl methyl sites for hydroxylation is 3. The summed E-state index contributed by atoms with van der Waals surface area (Å²) < 4.78 is 5.43. The summed E-state index contributed by atoms with van der Waals surface area (Å²) in [5.41, 5.74) is 6.59. The number of morpholine rings is 1. The number of nitrogens with zero attached hydrogens (tertiary/aromatic N) is 1. The van der Waals surface area contributed by atoms with Crippen molar-refractivity contribution in [3.63, 3.8) is 0 Å². The van der Waals surface area contributed by atoms with Gasteiger partial charge in [0.05, 0.1) is 13.2 Å². The Bertz CT molecular complexity index is 780. The molecule has 1 aliphatic heterocycles. The predicted octanol–water partition coefficient (Wildman–Crippen LogP) is 3.37. The van der Waals surface area contributed by atoms with E-state index in [2.05, 4.69) is 41.4 Å². The van der Waals surface area contributed by atoms with E-state index in [4.69, 9.17) is 4.74 Å². The fraction of sp³-hybridized carbons (Fsp3) is 0.409. The zero-order chi connectivity index (χ0) is 18.5. The van der Waals surface area contributed by atoms with Gasteiger partial charge < -0.3 is 10.1 Å². The largest absolute Gasteiger partial charge is 0.379 e. The first-order valence-corrected chi connectivity index (χ1v) is 9.27. The highest BCUT2D eigenvalue weighted by molar-refractivity contribution is 5.95. The fourth-order valence-electron chi connectivity index (χ4n) is 3.36. The monoisotopic (exact) mass is 352 g/mol. The Morgan fingerprint density at radius 2 is 1.65 bits per heavy atom. The van der Waals surface area contributed by atoms with Crippen molar-refractivity contribution in [3.05, 3.63) is 69.8 Å². The Labute approximate surface area is 156 Å². The van der Waals surface area contributed by atoms with Crippen LogP contribution in [0.3, 0.4) is 0 Å². The summed E-state index contributed by atoms with van der Waals surface area (Å²) in [7, 11) is 0. The molecule has 1 amide bonds. The summed E-state index contributed by atoms with van der Waals surface area (Å²) >= 11 is 0. The molecule has 138 valence electrons. The maximum absolute atomic E-state index is 12.7. The molecule has 1 heterocycles. The van der Waals surface area contributed by atoms with Gasteiger partial charge in [0.1, 0.15) is 0 Å². The smallest absolute Gasteiger partial charge is 0.251 e. The SMILES string of the molecule is Cc1cc(C)c(C(=O)NCc2ccccc2CN2CCOCC2)cc1C. The molecular formula is C22H28N2O2. The summed E-state index contributed by atoms with van der Waals surface area (Å²) in [5.74, 6) is -0.00762. The summed E-state index contributed by atoms with van der Waals surface area (Å²) in [6.45, 7) is 11.1. The molecule has 4 nitrogen and oxygen atoms in total. The van der Waals surface area contributed by atoms with Crippen LogP contribution in [0.5, 0.6) is 0 Å². The van der Waals surface area contributed by atoms with Crippen molar-refractivity contribution in [1.82, 2.24) is 10.2 Å². The van der Waals surface area contributed by atoms with Gasteiger partial charge in [-0.25, -0.2) is 0 Å². The minimum atomic E-state index is -0.00762. The van der Waals surface area contributed by atoms with Crippen molar-refractivity contribution < 1.29 is 9.53 Å². The van der Waals surface area contributed by atoms with Gasteiger partial charge in [-0.1, -0.05) is 30.3 Å². The molecule has 0 aromatic heterocycles. The molecule has 1 aliphatic rings. The molecule has 4 heteroatoms. The lowest BCUT2D eigenvalue weighted by atomic mass is 10.00. The zero-order valence-electron chi connectivity index (χ0n) is 16.0. The zero-order valence-corrected chi connectivity index (χ0v) is 16.0. The van der Waals surface area contributed by atoms with E-state index in [1.807, 2.05) is 26.0 Å². The third-order valence-electron chi connectivity index (χ3n) is 5.14. The van der Waals surface area contributed by atoms with Gasteiger partial charge in [-0.15, -0.1) is 0 Å². The van der Waals surface area contributed by atoms with Crippen molar-refractivity contribution in [2.24, 2.45) is 0 Å². The molecular weight excluding hydrogens is 324 g/mol. The number of hydrogen-bond donors (Lipinski definition) is 1. The highest BCUT2D eigenvalue weighted by Gasteiger charge is 2.14. The van der Waals surface area contributed by atoms with E-state index in [1.165, 1.54) is 16.7 Å². The molecule has 0 spiro atoms. The second kappa shape index (κ2) is 8.47.